The lowest BCUT2D eigenvalue weighted by Gasteiger charge is -2.21. The summed E-state index contributed by atoms with van der Waals surface area (Å²) in [6.07, 6.45) is 0.545. The van der Waals surface area contributed by atoms with Crippen molar-refractivity contribution in [3.63, 3.8) is 0 Å². The van der Waals surface area contributed by atoms with Crippen LogP contribution >= 0.6 is 0 Å². The molecule has 9 heavy (non-hydrogen) atoms. The molecule has 54 valence electrons. The molecule has 0 aliphatic carbocycles. The lowest BCUT2D eigenvalue weighted by Crippen LogP contribution is -2.23. The van der Waals surface area contributed by atoms with Gasteiger partial charge in [-0.1, -0.05) is 20.8 Å². The van der Waals surface area contributed by atoms with Crippen molar-refractivity contribution < 1.29 is 5.11 Å². The van der Waals surface area contributed by atoms with E-state index in [0.29, 0.717) is 6.42 Å². The second-order valence-corrected chi connectivity index (χ2v) is 3.35. The van der Waals surface area contributed by atoms with Crippen LogP contribution in [-0.4, -0.2) is 12.9 Å². The Morgan fingerprint density at radius 2 is 1.89 bits per heavy atom. The predicted molar refractivity (Wildman–Crippen MR) is 37.4 cm³/mol. The summed E-state index contributed by atoms with van der Waals surface area (Å²) in [7, 11) is 1.54. The van der Waals surface area contributed by atoms with Gasteiger partial charge < -0.3 is 10.1 Å². The van der Waals surface area contributed by atoms with Gasteiger partial charge in [-0.2, -0.15) is 0 Å². The Kier molecular flexibility index (Phi) is 2.68. The highest BCUT2D eigenvalue weighted by atomic mass is 16.3. The highest BCUT2D eigenvalue weighted by Gasteiger charge is 2.08. The number of rotatable bonds is 1. The first kappa shape index (κ1) is 8.47. The zero-order chi connectivity index (χ0) is 7.49. The Balaban J connectivity index is 3.75. The molecule has 0 aromatic heterocycles. The maximum absolute atomic E-state index is 10.7. The minimum atomic E-state index is -0.0116. The first-order valence-corrected chi connectivity index (χ1v) is 3.08. The molecule has 0 N–H and O–H groups in total. The fraction of sp³-hybridized carbons (Fsp3) is 0.857. The van der Waals surface area contributed by atoms with Crippen molar-refractivity contribution in [2.24, 2.45) is 10.4 Å². The number of aliphatic imine (C=N–C) groups is 1. The summed E-state index contributed by atoms with van der Waals surface area (Å²) in [5.41, 5.74) is 0.0800. The topological polar surface area (TPSA) is 35.4 Å². The summed E-state index contributed by atoms with van der Waals surface area (Å²) in [5, 5.41) is 10.7. The van der Waals surface area contributed by atoms with E-state index in [0.717, 1.165) is 0 Å². The minimum absolute atomic E-state index is 0.0116. The van der Waals surface area contributed by atoms with Crippen molar-refractivity contribution in [1.82, 2.24) is 0 Å². The Morgan fingerprint density at radius 1 is 1.44 bits per heavy atom. The van der Waals surface area contributed by atoms with Crippen LogP contribution < -0.4 is 5.11 Å². The molecular weight excluding hydrogens is 114 g/mol. The molecule has 0 saturated carbocycles. The third kappa shape index (κ3) is 5.34. The summed E-state index contributed by atoms with van der Waals surface area (Å²) >= 11 is 0. The average molecular weight is 128 g/mol. The van der Waals surface area contributed by atoms with Crippen LogP contribution in [0.5, 0.6) is 0 Å². The van der Waals surface area contributed by atoms with Crippen LogP contribution in [0.4, 0.5) is 0 Å². The highest BCUT2D eigenvalue weighted by Crippen LogP contribution is 2.17. The molecule has 0 radical (unpaired) electrons. The van der Waals surface area contributed by atoms with E-state index in [1.54, 1.807) is 0 Å². The molecule has 0 amide bonds. The molecule has 0 rings (SSSR count). The van der Waals surface area contributed by atoms with E-state index in [2.05, 4.69) is 4.99 Å². The standard InChI is InChI=1S/C7H15NO/c1-7(2,3)5-6(9)8-4/h5H2,1-4H3,(H,8,9)/p-1. The van der Waals surface area contributed by atoms with Crippen molar-refractivity contribution >= 4 is 5.90 Å². The van der Waals surface area contributed by atoms with Crippen molar-refractivity contribution in [3.05, 3.63) is 0 Å². The van der Waals surface area contributed by atoms with Crippen LogP contribution in [-0.2, 0) is 0 Å². The van der Waals surface area contributed by atoms with Crippen LogP contribution in [0.3, 0.4) is 0 Å². The third-order valence-electron chi connectivity index (χ3n) is 0.931. The second kappa shape index (κ2) is 2.85. The zero-order valence-electron chi connectivity index (χ0n) is 6.56. The first-order valence-electron chi connectivity index (χ1n) is 3.08. The van der Waals surface area contributed by atoms with Crippen LogP contribution in [0, 0.1) is 5.41 Å². The van der Waals surface area contributed by atoms with Gasteiger partial charge in [-0.3, -0.25) is 0 Å². The molecule has 0 atom stereocenters. The van der Waals surface area contributed by atoms with Crippen molar-refractivity contribution in [3.8, 4) is 0 Å². The first-order chi connectivity index (χ1) is 3.95. The molecule has 0 saturated heterocycles. The normalized spacial score (nSPS) is 14.0. The summed E-state index contributed by atoms with van der Waals surface area (Å²) in [4.78, 5) is 3.53. The van der Waals surface area contributed by atoms with Gasteiger partial charge in [0.15, 0.2) is 0 Å². The molecular formula is C7H14NO-. The van der Waals surface area contributed by atoms with Crippen molar-refractivity contribution in [2.75, 3.05) is 7.05 Å². The minimum Gasteiger partial charge on any atom is -0.862 e. The molecule has 0 spiro atoms. The average Bonchev–Trinajstić information content (AvgIpc) is 1.62. The number of hydrogen-bond donors (Lipinski definition) is 0. The van der Waals surface area contributed by atoms with Crippen LogP contribution in [0.15, 0.2) is 4.99 Å². The van der Waals surface area contributed by atoms with Gasteiger partial charge in [-0.05, 0) is 17.7 Å². The summed E-state index contributed by atoms with van der Waals surface area (Å²) in [6.45, 7) is 6.07. The monoisotopic (exact) mass is 128 g/mol. The van der Waals surface area contributed by atoms with E-state index >= 15 is 0 Å². The molecule has 0 fully saturated rings. The molecule has 2 nitrogen and oxygen atoms in total. The Morgan fingerprint density at radius 3 is 2.00 bits per heavy atom. The number of nitrogens with zero attached hydrogens (tertiary/aromatic N) is 1. The summed E-state index contributed by atoms with van der Waals surface area (Å²) in [6, 6.07) is 0. The van der Waals surface area contributed by atoms with E-state index in [4.69, 9.17) is 0 Å². The largest absolute Gasteiger partial charge is 0.862 e. The molecule has 0 bridgehead atoms. The fourth-order valence-electron chi connectivity index (χ4n) is 0.533. The summed E-state index contributed by atoms with van der Waals surface area (Å²) < 4.78 is 0. The zero-order valence-corrected chi connectivity index (χ0v) is 6.56. The highest BCUT2D eigenvalue weighted by molar-refractivity contribution is 5.71. The quantitative estimate of drug-likeness (QED) is 0.380. The molecule has 0 unspecified atom stereocenters. The van der Waals surface area contributed by atoms with E-state index in [-0.39, 0.29) is 11.3 Å². The second-order valence-electron chi connectivity index (χ2n) is 3.35. The third-order valence-corrected chi connectivity index (χ3v) is 0.931. The Labute approximate surface area is 56.6 Å². The molecule has 0 aromatic carbocycles. The Hall–Kier alpha value is -0.530. The smallest absolute Gasteiger partial charge is 0.0265 e. The van der Waals surface area contributed by atoms with E-state index in [1.165, 1.54) is 7.05 Å². The van der Waals surface area contributed by atoms with Gasteiger partial charge >= 0.3 is 0 Å². The van der Waals surface area contributed by atoms with Crippen LogP contribution in [0.2, 0.25) is 0 Å². The Bertz CT molecular complexity index is 111. The van der Waals surface area contributed by atoms with Gasteiger partial charge in [0.2, 0.25) is 0 Å². The van der Waals surface area contributed by atoms with Gasteiger partial charge in [0, 0.05) is 7.05 Å². The van der Waals surface area contributed by atoms with Gasteiger partial charge in [-0.25, -0.2) is 0 Å². The lowest BCUT2D eigenvalue weighted by molar-refractivity contribution is -0.220. The van der Waals surface area contributed by atoms with Gasteiger partial charge in [0.25, 0.3) is 0 Å². The molecule has 0 aromatic rings. The fourth-order valence-corrected chi connectivity index (χ4v) is 0.533. The van der Waals surface area contributed by atoms with Crippen molar-refractivity contribution in [2.45, 2.75) is 27.2 Å². The van der Waals surface area contributed by atoms with Gasteiger partial charge in [-0.15, -0.1) is 0 Å². The lowest BCUT2D eigenvalue weighted by atomic mass is 9.92. The van der Waals surface area contributed by atoms with Crippen LogP contribution in [0.1, 0.15) is 27.2 Å². The predicted octanol–water partition coefficient (Wildman–Crippen LogP) is 0.811. The SMILES string of the molecule is CN=C([O-])CC(C)(C)C. The molecule has 0 aliphatic rings. The van der Waals surface area contributed by atoms with E-state index in [9.17, 15) is 5.11 Å². The van der Waals surface area contributed by atoms with E-state index < -0.39 is 0 Å². The van der Waals surface area contributed by atoms with E-state index in [1.807, 2.05) is 20.8 Å². The maximum atomic E-state index is 10.7. The number of hydrogen-bond acceptors (Lipinski definition) is 2. The summed E-state index contributed by atoms with van der Waals surface area (Å²) in [5.74, 6) is -0.0116. The van der Waals surface area contributed by atoms with Gasteiger partial charge in [0.05, 0.1) is 0 Å². The maximum Gasteiger partial charge on any atom is 0.0265 e. The van der Waals surface area contributed by atoms with Crippen LogP contribution in [0.25, 0.3) is 0 Å². The van der Waals surface area contributed by atoms with Gasteiger partial charge in [0.1, 0.15) is 0 Å². The molecule has 2 heteroatoms. The molecule has 0 aliphatic heterocycles. The molecule has 0 heterocycles. The van der Waals surface area contributed by atoms with Crippen molar-refractivity contribution in [1.29, 1.82) is 0 Å².